The summed E-state index contributed by atoms with van der Waals surface area (Å²) in [6.07, 6.45) is 1.44. The molecule has 0 spiro atoms. The zero-order chi connectivity index (χ0) is 13.4. The normalized spacial score (nSPS) is 26.7. The number of carbonyl (C=O) groups is 1. The molecule has 0 saturated carbocycles. The number of benzene rings is 1. The summed E-state index contributed by atoms with van der Waals surface area (Å²) >= 11 is 0. The first kappa shape index (κ1) is 12.6. The fourth-order valence-corrected chi connectivity index (χ4v) is 3.17. The number of amides is 1. The number of β-amino-alcohol motifs (C(OH)–C–C–N with tert-alkyl or cyclic N) is 1. The number of rotatable bonds is 2. The van der Waals surface area contributed by atoms with Gasteiger partial charge in [-0.15, -0.1) is 0 Å². The summed E-state index contributed by atoms with van der Waals surface area (Å²) in [5, 5.41) is 9.52. The first-order valence-electron chi connectivity index (χ1n) is 6.95. The largest absolute Gasteiger partial charge is 0.392 e. The van der Waals surface area contributed by atoms with Crippen molar-refractivity contribution in [1.82, 2.24) is 4.90 Å². The van der Waals surface area contributed by atoms with Crippen LogP contribution in [0.4, 0.5) is 5.69 Å². The van der Waals surface area contributed by atoms with E-state index in [9.17, 15) is 9.90 Å². The average molecular weight is 260 g/mol. The molecule has 2 atom stereocenters. The van der Waals surface area contributed by atoms with E-state index in [2.05, 4.69) is 13.0 Å². The third-order valence-electron chi connectivity index (χ3n) is 4.08. The van der Waals surface area contributed by atoms with Crippen LogP contribution in [0, 0.1) is 0 Å². The standard InChI is InChI=1S/C15H20N2O2/c1-11-8-12-4-2-3-5-14(12)17(11)15(19)10-16-7-6-13(18)9-16/h2-5,11,13,18H,6-10H2,1H3. The van der Waals surface area contributed by atoms with Gasteiger partial charge < -0.3 is 10.0 Å². The predicted octanol–water partition coefficient (Wildman–Crippen LogP) is 1.03. The number of carbonyl (C=O) groups excluding carboxylic acids is 1. The molecule has 2 heterocycles. The number of hydrogen-bond donors (Lipinski definition) is 1. The van der Waals surface area contributed by atoms with Crippen molar-refractivity contribution in [2.45, 2.75) is 31.9 Å². The van der Waals surface area contributed by atoms with Gasteiger partial charge in [-0.05, 0) is 31.4 Å². The molecule has 1 aromatic carbocycles. The molecule has 0 aromatic heterocycles. The van der Waals surface area contributed by atoms with E-state index in [-0.39, 0.29) is 18.1 Å². The number of nitrogens with zero attached hydrogens (tertiary/aromatic N) is 2. The molecule has 102 valence electrons. The maximum absolute atomic E-state index is 12.5. The highest BCUT2D eigenvalue weighted by atomic mass is 16.3. The van der Waals surface area contributed by atoms with Crippen LogP contribution in [-0.4, -0.2) is 47.7 Å². The minimum Gasteiger partial charge on any atom is -0.392 e. The summed E-state index contributed by atoms with van der Waals surface area (Å²) in [6.45, 7) is 3.94. The molecular weight excluding hydrogens is 240 g/mol. The van der Waals surface area contributed by atoms with Gasteiger partial charge in [0.25, 0.3) is 0 Å². The average Bonchev–Trinajstić information content (AvgIpc) is 2.91. The van der Waals surface area contributed by atoms with Crippen LogP contribution < -0.4 is 4.90 Å². The van der Waals surface area contributed by atoms with E-state index in [0.717, 1.165) is 25.1 Å². The number of aliphatic hydroxyl groups excluding tert-OH is 1. The Morgan fingerprint density at radius 1 is 1.42 bits per heavy atom. The van der Waals surface area contributed by atoms with E-state index in [1.54, 1.807) is 0 Å². The first-order valence-corrected chi connectivity index (χ1v) is 6.95. The first-order chi connectivity index (χ1) is 9.15. The van der Waals surface area contributed by atoms with Crippen molar-refractivity contribution < 1.29 is 9.90 Å². The molecular formula is C15H20N2O2. The van der Waals surface area contributed by atoms with Crippen molar-refractivity contribution in [3.8, 4) is 0 Å². The Bertz CT molecular complexity index is 489. The topological polar surface area (TPSA) is 43.8 Å². The maximum Gasteiger partial charge on any atom is 0.241 e. The van der Waals surface area contributed by atoms with Gasteiger partial charge in [0.05, 0.1) is 12.6 Å². The zero-order valence-corrected chi connectivity index (χ0v) is 11.2. The van der Waals surface area contributed by atoms with Crippen LogP contribution in [0.3, 0.4) is 0 Å². The monoisotopic (exact) mass is 260 g/mol. The van der Waals surface area contributed by atoms with Gasteiger partial charge in [0.2, 0.25) is 5.91 Å². The molecule has 1 saturated heterocycles. The van der Waals surface area contributed by atoms with E-state index < -0.39 is 0 Å². The lowest BCUT2D eigenvalue weighted by molar-refractivity contribution is -0.119. The van der Waals surface area contributed by atoms with Crippen molar-refractivity contribution >= 4 is 11.6 Å². The molecule has 0 bridgehead atoms. The lowest BCUT2D eigenvalue weighted by Gasteiger charge is -2.25. The molecule has 0 radical (unpaired) electrons. The van der Waals surface area contributed by atoms with Crippen molar-refractivity contribution in [3.05, 3.63) is 29.8 Å². The molecule has 3 rings (SSSR count). The molecule has 19 heavy (non-hydrogen) atoms. The van der Waals surface area contributed by atoms with Crippen molar-refractivity contribution in [3.63, 3.8) is 0 Å². The fraction of sp³-hybridized carbons (Fsp3) is 0.533. The van der Waals surface area contributed by atoms with Gasteiger partial charge in [-0.1, -0.05) is 18.2 Å². The van der Waals surface area contributed by atoms with Gasteiger partial charge in [-0.2, -0.15) is 0 Å². The Labute approximate surface area is 113 Å². The molecule has 4 nitrogen and oxygen atoms in total. The SMILES string of the molecule is CC1Cc2ccccc2N1C(=O)CN1CCC(O)C1. The highest BCUT2D eigenvalue weighted by Gasteiger charge is 2.32. The highest BCUT2D eigenvalue weighted by Crippen LogP contribution is 2.31. The molecule has 1 amide bonds. The van der Waals surface area contributed by atoms with E-state index in [0.29, 0.717) is 13.1 Å². The summed E-state index contributed by atoms with van der Waals surface area (Å²) in [4.78, 5) is 16.4. The third kappa shape index (κ3) is 2.38. The highest BCUT2D eigenvalue weighted by molar-refractivity contribution is 5.97. The van der Waals surface area contributed by atoms with Crippen molar-refractivity contribution in [1.29, 1.82) is 0 Å². The quantitative estimate of drug-likeness (QED) is 0.864. The van der Waals surface area contributed by atoms with Gasteiger partial charge in [0, 0.05) is 24.8 Å². The Morgan fingerprint density at radius 3 is 2.95 bits per heavy atom. The Kier molecular flexibility index (Phi) is 3.29. The van der Waals surface area contributed by atoms with Crippen molar-refractivity contribution in [2.75, 3.05) is 24.5 Å². The number of aliphatic hydroxyl groups is 1. The number of anilines is 1. The van der Waals surface area contributed by atoms with Crippen LogP contribution in [-0.2, 0) is 11.2 Å². The van der Waals surface area contributed by atoms with E-state index in [4.69, 9.17) is 0 Å². The fourth-order valence-electron chi connectivity index (χ4n) is 3.17. The van der Waals surface area contributed by atoms with Gasteiger partial charge >= 0.3 is 0 Å². The van der Waals surface area contributed by atoms with Crippen LogP contribution in [0.15, 0.2) is 24.3 Å². The zero-order valence-electron chi connectivity index (χ0n) is 11.2. The van der Waals surface area contributed by atoms with Crippen LogP contribution in [0.25, 0.3) is 0 Å². The molecule has 1 fully saturated rings. The maximum atomic E-state index is 12.5. The number of likely N-dealkylation sites (tertiary alicyclic amines) is 1. The molecule has 1 aromatic rings. The van der Waals surface area contributed by atoms with Crippen LogP contribution in [0.1, 0.15) is 18.9 Å². The number of para-hydroxylation sites is 1. The van der Waals surface area contributed by atoms with Gasteiger partial charge in [-0.25, -0.2) is 0 Å². The molecule has 4 heteroatoms. The minimum absolute atomic E-state index is 0.145. The molecule has 2 aliphatic rings. The Balaban J connectivity index is 1.73. The van der Waals surface area contributed by atoms with Gasteiger partial charge in [0.1, 0.15) is 0 Å². The Hall–Kier alpha value is -1.39. The second kappa shape index (κ2) is 4.94. The predicted molar refractivity (Wildman–Crippen MR) is 74.2 cm³/mol. The van der Waals surface area contributed by atoms with E-state index >= 15 is 0 Å². The lowest BCUT2D eigenvalue weighted by atomic mass is 10.1. The van der Waals surface area contributed by atoms with E-state index in [1.165, 1.54) is 5.56 Å². The Morgan fingerprint density at radius 2 is 2.21 bits per heavy atom. The smallest absolute Gasteiger partial charge is 0.241 e. The second-order valence-corrected chi connectivity index (χ2v) is 5.62. The summed E-state index contributed by atoms with van der Waals surface area (Å²) in [5.74, 6) is 0.145. The van der Waals surface area contributed by atoms with Crippen LogP contribution >= 0.6 is 0 Å². The van der Waals surface area contributed by atoms with Gasteiger partial charge in [0.15, 0.2) is 0 Å². The molecule has 2 unspecified atom stereocenters. The number of fused-ring (bicyclic) bond motifs is 1. The lowest BCUT2D eigenvalue weighted by Crippen LogP contribution is -2.42. The van der Waals surface area contributed by atoms with Gasteiger partial charge in [-0.3, -0.25) is 9.69 Å². The molecule has 2 aliphatic heterocycles. The molecule has 0 aliphatic carbocycles. The van der Waals surface area contributed by atoms with Crippen LogP contribution in [0.2, 0.25) is 0 Å². The second-order valence-electron chi connectivity index (χ2n) is 5.62. The summed E-state index contributed by atoms with van der Waals surface area (Å²) < 4.78 is 0. The summed E-state index contributed by atoms with van der Waals surface area (Å²) in [7, 11) is 0. The van der Waals surface area contributed by atoms with Crippen LogP contribution in [0.5, 0.6) is 0 Å². The van der Waals surface area contributed by atoms with Crippen molar-refractivity contribution in [2.24, 2.45) is 0 Å². The summed E-state index contributed by atoms with van der Waals surface area (Å²) in [5.41, 5.74) is 2.31. The number of hydrogen-bond acceptors (Lipinski definition) is 3. The minimum atomic E-state index is -0.268. The third-order valence-corrected chi connectivity index (χ3v) is 4.08. The van der Waals surface area contributed by atoms with E-state index in [1.807, 2.05) is 28.0 Å². The molecule has 1 N–H and O–H groups in total. The summed E-state index contributed by atoms with van der Waals surface area (Å²) in [6, 6.07) is 8.36.